The van der Waals surface area contributed by atoms with Crippen LogP contribution in [0.2, 0.25) is 0 Å². The molecule has 0 N–H and O–H groups in total. The Morgan fingerprint density at radius 1 is 1.00 bits per heavy atom. The van der Waals surface area contributed by atoms with Crippen LogP contribution in [0.25, 0.3) is 0 Å². The first-order valence-electron chi connectivity index (χ1n) is 8.12. The molecule has 1 aliphatic rings. The summed E-state index contributed by atoms with van der Waals surface area (Å²) in [7, 11) is 1.67. The Kier molecular flexibility index (Phi) is 13.5. The van der Waals surface area contributed by atoms with Crippen LogP contribution in [0.15, 0.2) is 30.3 Å². The zero-order valence-corrected chi connectivity index (χ0v) is 14.3. The van der Waals surface area contributed by atoms with Gasteiger partial charge in [0.15, 0.2) is 6.29 Å². The Bertz CT molecular complexity index is 303. The summed E-state index contributed by atoms with van der Waals surface area (Å²) in [6, 6.07) is 9.93. The fourth-order valence-corrected chi connectivity index (χ4v) is 1.78. The highest BCUT2D eigenvalue weighted by Crippen LogP contribution is 2.22. The lowest BCUT2D eigenvalue weighted by molar-refractivity contribution is -0.225. The normalized spacial score (nSPS) is 20.6. The second-order valence-corrected chi connectivity index (χ2v) is 4.62. The highest BCUT2D eigenvalue weighted by atomic mass is 16.7. The minimum Gasteiger partial charge on any atom is -0.377 e. The minimum atomic E-state index is -0.234. The standard InChI is InChI=1S/C11H14O3.C5H12.C2H6/c1-12-10-7-13-11(14-8-10)9-5-3-2-4-6-9;1-3-5-4-2;1-2/h2-6,10-11H,7-8H2,1H3;3-5H2,1-2H3;1-2H3. The third-order valence-corrected chi connectivity index (χ3v) is 2.98. The maximum absolute atomic E-state index is 5.52. The highest BCUT2D eigenvalue weighted by Gasteiger charge is 2.22. The Morgan fingerprint density at radius 3 is 1.90 bits per heavy atom. The second-order valence-electron chi connectivity index (χ2n) is 4.62. The van der Waals surface area contributed by atoms with E-state index in [1.807, 2.05) is 44.2 Å². The van der Waals surface area contributed by atoms with Crippen LogP contribution >= 0.6 is 0 Å². The number of unbranched alkanes of at least 4 members (excludes halogenated alkanes) is 2. The Hall–Kier alpha value is -0.900. The van der Waals surface area contributed by atoms with Gasteiger partial charge >= 0.3 is 0 Å². The topological polar surface area (TPSA) is 27.7 Å². The molecular weight excluding hydrogens is 264 g/mol. The van der Waals surface area contributed by atoms with Crippen molar-refractivity contribution in [2.75, 3.05) is 20.3 Å². The summed E-state index contributed by atoms with van der Waals surface area (Å²) in [5.41, 5.74) is 1.06. The van der Waals surface area contributed by atoms with Gasteiger partial charge in [-0.2, -0.15) is 0 Å². The lowest BCUT2D eigenvalue weighted by atomic mass is 10.2. The lowest BCUT2D eigenvalue weighted by Gasteiger charge is -2.28. The van der Waals surface area contributed by atoms with Gasteiger partial charge in [0.25, 0.3) is 0 Å². The lowest BCUT2D eigenvalue weighted by Crippen LogP contribution is -2.32. The molecule has 2 rings (SSSR count). The third kappa shape index (κ3) is 8.86. The van der Waals surface area contributed by atoms with E-state index in [1.54, 1.807) is 7.11 Å². The zero-order valence-electron chi connectivity index (χ0n) is 14.3. The molecule has 0 radical (unpaired) electrons. The molecule has 0 bridgehead atoms. The smallest absolute Gasteiger partial charge is 0.184 e. The average molecular weight is 296 g/mol. The van der Waals surface area contributed by atoms with Crippen molar-refractivity contribution in [2.24, 2.45) is 0 Å². The fraction of sp³-hybridized carbons (Fsp3) is 0.667. The molecule has 0 spiro atoms. The van der Waals surface area contributed by atoms with Gasteiger partial charge in [-0.15, -0.1) is 0 Å². The quantitative estimate of drug-likeness (QED) is 0.785. The molecule has 1 aromatic rings. The van der Waals surface area contributed by atoms with E-state index in [9.17, 15) is 0 Å². The van der Waals surface area contributed by atoms with Gasteiger partial charge < -0.3 is 14.2 Å². The summed E-state index contributed by atoms with van der Waals surface area (Å²) >= 11 is 0. The van der Waals surface area contributed by atoms with Crippen molar-refractivity contribution in [1.82, 2.24) is 0 Å². The molecule has 0 saturated carbocycles. The molecule has 122 valence electrons. The van der Waals surface area contributed by atoms with Crippen molar-refractivity contribution >= 4 is 0 Å². The number of hydrogen-bond acceptors (Lipinski definition) is 3. The molecule has 21 heavy (non-hydrogen) atoms. The SMILES string of the molecule is CC.CCCCC.COC1COC(c2ccccc2)OC1. The van der Waals surface area contributed by atoms with Gasteiger partial charge in [0.1, 0.15) is 6.10 Å². The molecule has 1 heterocycles. The van der Waals surface area contributed by atoms with Crippen molar-refractivity contribution in [2.45, 2.75) is 59.4 Å². The molecule has 0 aliphatic carbocycles. The van der Waals surface area contributed by atoms with E-state index >= 15 is 0 Å². The zero-order chi connectivity index (χ0) is 15.9. The van der Waals surface area contributed by atoms with Crippen LogP contribution in [0.1, 0.15) is 58.8 Å². The van der Waals surface area contributed by atoms with Gasteiger partial charge in [0, 0.05) is 12.7 Å². The van der Waals surface area contributed by atoms with E-state index in [0.717, 1.165) is 5.56 Å². The molecule has 3 nitrogen and oxygen atoms in total. The molecule has 0 aromatic heterocycles. The predicted molar refractivity (Wildman–Crippen MR) is 88.4 cm³/mol. The Labute approximate surface area is 130 Å². The molecule has 1 aromatic carbocycles. The van der Waals surface area contributed by atoms with Crippen molar-refractivity contribution in [1.29, 1.82) is 0 Å². The molecule has 3 heteroatoms. The molecule has 1 fully saturated rings. The van der Waals surface area contributed by atoms with Crippen LogP contribution in [0.3, 0.4) is 0 Å². The van der Waals surface area contributed by atoms with E-state index < -0.39 is 0 Å². The predicted octanol–water partition coefficient (Wildman–Crippen LogP) is 4.97. The van der Waals surface area contributed by atoms with E-state index in [0.29, 0.717) is 13.2 Å². The molecule has 1 saturated heterocycles. The fourth-order valence-electron chi connectivity index (χ4n) is 1.78. The van der Waals surface area contributed by atoms with Crippen LogP contribution in [-0.4, -0.2) is 26.4 Å². The first kappa shape index (κ1) is 20.1. The maximum atomic E-state index is 5.52. The average Bonchev–Trinajstić information content (AvgIpc) is 2.59. The van der Waals surface area contributed by atoms with E-state index in [-0.39, 0.29) is 12.4 Å². The Morgan fingerprint density at radius 2 is 1.52 bits per heavy atom. The summed E-state index contributed by atoms with van der Waals surface area (Å²) in [5.74, 6) is 0. The van der Waals surface area contributed by atoms with Gasteiger partial charge in [-0.25, -0.2) is 0 Å². The van der Waals surface area contributed by atoms with Crippen molar-refractivity contribution in [3.05, 3.63) is 35.9 Å². The third-order valence-electron chi connectivity index (χ3n) is 2.98. The van der Waals surface area contributed by atoms with Crippen LogP contribution < -0.4 is 0 Å². The van der Waals surface area contributed by atoms with Crippen LogP contribution in [-0.2, 0) is 14.2 Å². The number of benzene rings is 1. The maximum Gasteiger partial charge on any atom is 0.184 e. The number of rotatable bonds is 4. The largest absolute Gasteiger partial charge is 0.377 e. The van der Waals surface area contributed by atoms with E-state index in [4.69, 9.17) is 14.2 Å². The van der Waals surface area contributed by atoms with E-state index in [1.165, 1.54) is 19.3 Å². The molecular formula is C18H32O3. The second kappa shape index (κ2) is 14.1. The monoisotopic (exact) mass is 296 g/mol. The van der Waals surface area contributed by atoms with Crippen LogP contribution in [0.4, 0.5) is 0 Å². The highest BCUT2D eigenvalue weighted by molar-refractivity contribution is 5.16. The van der Waals surface area contributed by atoms with Gasteiger partial charge in [-0.05, 0) is 0 Å². The van der Waals surface area contributed by atoms with E-state index in [2.05, 4.69) is 13.8 Å². The van der Waals surface area contributed by atoms with Crippen molar-refractivity contribution in [3.8, 4) is 0 Å². The van der Waals surface area contributed by atoms with Crippen molar-refractivity contribution in [3.63, 3.8) is 0 Å². The Balaban J connectivity index is 0.000000489. The molecule has 0 unspecified atom stereocenters. The molecule has 1 aliphatic heterocycles. The summed E-state index contributed by atoms with van der Waals surface area (Å²) in [5, 5.41) is 0. The molecule has 0 atom stereocenters. The van der Waals surface area contributed by atoms with Crippen LogP contribution in [0.5, 0.6) is 0 Å². The summed E-state index contributed by atoms with van der Waals surface area (Å²) in [4.78, 5) is 0. The van der Waals surface area contributed by atoms with Gasteiger partial charge in [0.2, 0.25) is 0 Å². The number of ether oxygens (including phenoxy) is 3. The van der Waals surface area contributed by atoms with Crippen molar-refractivity contribution < 1.29 is 14.2 Å². The van der Waals surface area contributed by atoms with Gasteiger partial charge in [0.05, 0.1) is 13.2 Å². The summed E-state index contributed by atoms with van der Waals surface area (Å²) in [6.07, 6.45) is 3.91. The van der Waals surface area contributed by atoms with Gasteiger partial charge in [-0.1, -0.05) is 77.3 Å². The summed E-state index contributed by atoms with van der Waals surface area (Å²) in [6.45, 7) is 9.61. The number of methoxy groups -OCH3 is 1. The first-order valence-corrected chi connectivity index (χ1v) is 8.12. The summed E-state index contributed by atoms with van der Waals surface area (Å²) < 4.78 is 16.2. The van der Waals surface area contributed by atoms with Gasteiger partial charge in [-0.3, -0.25) is 0 Å². The van der Waals surface area contributed by atoms with Crippen LogP contribution in [0, 0.1) is 0 Å². The molecule has 0 amide bonds. The minimum absolute atomic E-state index is 0.0648. The number of hydrogen-bond donors (Lipinski definition) is 0. The first-order chi connectivity index (χ1) is 10.3.